The lowest BCUT2D eigenvalue weighted by molar-refractivity contribution is -0.136. The minimum Gasteiger partial charge on any atom is -0.388 e. The molecule has 0 saturated carbocycles. The van der Waals surface area contributed by atoms with Crippen LogP contribution >= 0.6 is 0 Å². The first-order valence-electron chi connectivity index (χ1n) is 8.83. The number of aromatic nitrogens is 1. The van der Waals surface area contributed by atoms with Gasteiger partial charge < -0.3 is 20.3 Å². The molecule has 6 nitrogen and oxygen atoms in total. The molecule has 1 aromatic heterocycles. The summed E-state index contributed by atoms with van der Waals surface area (Å²) in [7, 11) is 0. The van der Waals surface area contributed by atoms with Gasteiger partial charge in [0.25, 0.3) is 0 Å². The highest BCUT2D eigenvalue weighted by atomic mass is 16.3. The maximum atomic E-state index is 12.0. The predicted octanol–water partition coefficient (Wildman–Crippen LogP) is 2.66. The molecule has 0 aliphatic rings. The molecule has 0 aliphatic carbocycles. The van der Waals surface area contributed by atoms with Crippen LogP contribution in [0.4, 0.5) is 5.69 Å². The van der Waals surface area contributed by atoms with Gasteiger partial charge in [0.15, 0.2) is 0 Å². The maximum absolute atomic E-state index is 12.0. The van der Waals surface area contributed by atoms with Crippen molar-refractivity contribution in [1.29, 1.82) is 0 Å². The Bertz CT molecular complexity index is 747. The van der Waals surface area contributed by atoms with E-state index in [9.17, 15) is 14.7 Å². The molecule has 0 saturated heterocycles. The van der Waals surface area contributed by atoms with Crippen molar-refractivity contribution in [3.05, 3.63) is 30.5 Å². The molecule has 0 bridgehead atoms. The Kier molecular flexibility index (Phi) is 6.20. The molecule has 0 unspecified atom stereocenters. The minimum atomic E-state index is -0.975. The zero-order chi connectivity index (χ0) is 18.4. The van der Waals surface area contributed by atoms with Crippen LogP contribution in [-0.2, 0) is 16.1 Å². The van der Waals surface area contributed by atoms with Crippen molar-refractivity contribution in [2.45, 2.75) is 52.2 Å². The molecular formula is C19H27N3O3. The second kappa shape index (κ2) is 8.16. The second-order valence-electron chi connectivity index (χ2n) is 6.35. The monoisotopic (exact) mass is 345 g/mol. The Balaban J connectivity index is 2.00. The molecule has 25 heavy (non-hydrogen) atoms. The van der Waals surface area contributed by atoms with E-state index in [1.165, 1.54) is 0 Å². The third-order valence-electron chi connectivity index (χ3n) is 4.59. The predicted molar refractivity (Wildman–Crippen MR) is 99.4 cm³/mol. The van der Waals surface area contributed by atoms with Gasteiger partial charge in [-0.15, -0.1) is 0 Å². The zero-order valence-corrected chi connectivity index (χ0v) is 15.1. The fraction of sp³-hybridized carbons (Fsp3) is 0.474. The van der Waals surface area contributed by atoms with Crippen LogP contribution in [0.1, 0.15) is 40.0 Å². The van der Waals surface area contributed by atoms with Gasteiger partial charge in [-0.05, 0) is 43.5 Å². The Labute approximate surface area is 148 Å². The van der Waals surface area contributed by atoms with Crippen LogP contribution in [0.25, 0.3) is 10.9 Å². The molecular weight excluding hydrogens is 318 g/mol. The number of nitrogens with one attached hydrogen (secondary N) is 2. The van der Waals surface area contributed by atoms with Crippen molar-refractivity contribution in [3.63, 3.8) is 0 Å². The summed E-state index contributed by atoms with van der Waals surface area (Å²) in [5.41, 5.74) is 0.695. The standard InChI is InChI=1S/C19H27N3O3/c1-4-10-22-11-9-14-12-15(7-8-16(14)22)21-18(24)17(23)20-13-19(25,5-2)6-3/h7-9,11-12,25H,4-6,10,13H2,1-3H3,(H,20,23)(H,21,24). The minimum absolute atomic E-state index is 0.0607. The van der Waals surface area contributed by atoms with Crippen molar-refractivity contribution in [3.8, 4) is 0 Å². The molecule has 0 aliphatic heterocycles. The van der Waals surface area contributed by atoms with E-state index >= 15 is 0 Å². The van der Waals surface area contributed by atoms with Gasteiger partial charge in [-0.2, -0.15) is 0 Å². The summed E-state index contributed by atoms with van der Waals surface area (Å²) in [6.07, 6.45) is 4.08. The Morgan fingerprint density at radius 1 is 1.12 bits per heavy atom. The fourth-order valence-corrected chi connectivity index (χ4v) is 2.73. The average molecular weight is 345 g/mol. The highest BCUT2D eigenvalue weighted by molar-refractivity contribution is 6.39. The molecule has 1 heterocycles. The number of amides is 2. The average Bonchev–Trinajstić information content (AvgIpc) is 3.02. The molecule has 0 fully saturated rings. The third kappa shape index (κ3) is 4.60. The number of hydrogen-bond acceptors (Lipinski definition) is 3. The number of carbonyl (C=O) groups is 2. The molecule has 1 aromatic carbocycles. The number of rotatable bonds is 7. The lowest BCUT2D eigenvalue weighted by atomic mass is 9.98. The summed E-state index contributed by atoms with van der Waals surface area (Å²) in [6, 6.07) is 7.56. The number of hydrogen-bond donors (Lipinski definition) is 3. The Morgan fingerprint density at radius 3 is 2.48 bits per heavy atom. The van der Waals surface area contributed by atoms with E-state index in [1.54, 1.807) is 6.07 Å². The molecule has 3 N–H and O–H groups in total. The van der Waals surface area contributed by atoms with E-state index < -0.39 is 17.4 Å². The summed E-state index contributed by atoms with van der Waals surface area (Å²) in [6.45, 7) is 6.81. The van der Waals surface area contributed by atoms with Crippen molar-refractivity contribution in [1.82, 2.24) is 9.88 Å². The topological polar surface area (TPSA) is 83.4 Å². The molecule has 136 valence electrons. The van der Waals surface area contributed by atoms with Crippen molar-refractivity contribution in [2.24, 2.45) is 0 Å². The quantitative estimate of drug-likeness (QED) is 0.675. The maximum Gasteiger partial charge on any atom is 0.313 e. The number of aryl methyl sites for hydroxylation is 1. The van der Waals surface area contributed by atoms with Crippen LogP contribution in [0.3, 0.4) is 0 Å². The summed E-state index contributed by atoms with van der Waals surface area (Å²) in [4.78, 5) is 24.0. The van der Waals surface area contributed by atoms with Gasteiger partial charge in [0, 0.05) is 35.9 Å². The highest BCUT2D eigenvalue weighted by Gasteiger charge is 2.24. The number of benzene rings is 1. The van der Waals surface area contributed by atoms with Gasteiger partial charge >= 0.3 is 11.8 Å². The van der Waals surface area contributed by atoms with E-state index in [0.717, 1.165) is 23.9 Å². The van der Waals surface area contributed by atoms with Crippen LogP contribution in [0, 0.1) is 0 Å². The van der Waals surface area contributed by atoms with Crippen molar-refractivity contribution in [2.75, 3.05) is 11.9 Å². The normalized spacial score (nSPS) is 11.5. The molecule has 6 heteroatoms. The molecule has 0 spiro atoms. The van der Waals surface area contributed by atoms with Crippen LogP contribution in [-0.4, -0.2) is 33.6 Å². The van der Waals surface area contributed by atoms with E-state index in [0.29, 0.717) is 18.5 Å². The number of fused-ring (bicyclic) bond motifs is 1. The number of anilines is 1. The lowest BCUT2D eigenvalue weighted by Gasteiger charge is -2.25. The summed E-state index contributed by atoms with van der Waals surface area (Å²) in [5.74, 6) is -1.48. The zero-order valence-electron chi connectivity index (χ0n) is 15.1. The lowest BCUT2D eigenvalue weighted by Crippen LogP contribution is -2.45. The molecule has 2 aromatic rings. The summed E-state index contributed by atoms with van der Waals surface area (Å²) >= 11 is 0. The fourth-order valence-electron chi connectivity index (χ4n) is 2.73. The van der Waals surface area contributed by atoms with E-state index in [1.807, 2.05) is 38.2 Å². The van der Waals surface area contributed by atoms with Gasteiger partial charge in [-0.3, -0.25) is 9.59 Å². The van der Waals surface area contributed by atoms with Gasteiger partial charge in [0.2, 0.25) is 0 Å². The number of aliphatic hydroxyl groups is 1. The molecule has 0 atom stereocenters. The van der Waals surface area contributed by atoms with E-state index in [-0.39, 0.29) is 6.54 Å². The number of carbonyl (C=O) groups excluding carboxylic acids is 2. The first-order chi connectivity index (χ1) is 11.9. The van der Waals surface area contributed by atoms with Crippen LogP contribution < -0.4 is 10.6 Å². The molecule has 2 amide bonds. The van der Waals surface area contributed by atoms with E-state index in [4.69, 9.17) is 0 Å². The second-order valence-corrected chi connectivity index (χ2v) is 6.35. The van der Waals surface area contributed by atoms with Crippen molar-refractivity contribution < 1.29 is 14.7 Å². The highest BCUT2D eigenvalue weighted by Crippen LogP contribution is 2.21. The summed E-state index contributed by atoms with van der Waals surface area (Å²) < 4.78 is 2.16. The first-order valence-corrected chi connectivity index (χ1v) is 8.83. The molecule has 0 radical (unpaired) electrons. The smallest absolute Gasteiger partial charge is 0.313 e. The number of nitrogens with zero attached hydrogens (tertiary/aromatic N) is 1. The van der Waals surface area contributed by atoms with Gasteiger partial charge in [-0.25, -0.2) is 0 Å². The van der Waals surface area contributed by atoms with Crippen LogP contribution in [0.5, 0.6) is 0 Å². The van der Waals surface area contributed by atoms with E-state index in [2.05, 4.69) is 22.1 Å². The third-order valence-corrected chi connectivity index (χ3v) is 4.59. The first kappa shape index (κ1) is 19.0. The summed E-state index contributed by atoms with van der Waals surface area (Å²) in [5, 5.41) is 16.3. The van der Waals surface area contributed by atoms with Crippen molar-refractivity contribution >= 4 is 28.4 Å². The van der Waals surface area contributed by atoms with Gasteiger partial charge in [-0.1, -0.05) is 20.8 Å². The van der Waals surface area contributed by atoms with Gasteiger partial charge in [0.1, 0.15) is 0 Å². The Morgan fingerprint density at radius 2 is 1.84 bits per heavy atom. The van der Waals surface area contributed by atoms with Crippen LogP contribution in [0.15, 0.2) is 30.5 Å². The Hall–Kier alpha value is -2.34. The van der Waals surface area contributed by atoms with Crippen LogP contribution in [0.2, 0.25) is 0 Å². The largest absolute Gasteiger partial charge is 0.388 e. The SMILES string of the molecule is CCCn1ccc2cc(NC(=O)C(=O)NCC(O)(CC)CC)ccc21. The molecule has 2 rings (SSSR count). The van der Waals surface area contributed by atoms with Gasteiger partial charge in [0.05, 0.1) is 5.60 Å².